The maximum atomic E-state index is 12.4. The van der Waals surface area contributed by atoms with Gasteiger partial charge in [0.25, 0.3) is 0 Å². The van der Waals surface area contributed by atoms with E-state index in [1.165, 1.54) is 562 Å². The molecule has 16 heteroatoms. The summed E-state index contributed by atoms with van der Waals surface area (Å²) < 4.78 is 36.9. The molecule has 0 radical (unpaired) electrons. The second-order valence-electron chi connectivity index (χ2n) is 44.3. The van der Waals surface area contributed by atoms with Crippen LogP contribution in [-0.2, 0) is 47.2 Å². The summed E-state index contributed by atoms with van der Waals surface area (Å²) in [6.07, 6.45) is 128. The van der Waals surface area contributed by atoms with Gasteiger partial charge < -0.3 is 28.0 Å². The zero-order chi connectivity index (χ0) is 99.7. The minimum Gasteiger partial charge on any atom is -0.466 e. The van der Waals surface area contributed by atoms with Crippen molar-refractivity contribution in [2.45, 2.75) is 696 Å². The number of carbonyl (C=O) groups excluding carboxylic acids is 4. The molecule has 0 aromatic rings. The standard InChI is InChI=1S/C123H238O10P2S4/c1-7-11-15-19-23-27-39-51-63-75-87-107-128-119(124)95-83-71-59-47-35-31-43-55-67-79-91-111-136-134(137-112-92-80-68-56-44-32-36-48-60-72-84-96-120(125)129-108-88-76-64-52-40-28-24-20-16-12-8-2)132-117-103-99-115(100-104-117)123(5,6)116-101-105-118(106-102-116)133-135(138-113-93-81-69-57-45-33-37-49-61-73-85-97-121(126)130-109-89-77-65-53-41-29-25-21-17-13-9-3)139-114-94-82-70-58-46-34-38-50-62-74-86-98-122(127)131-110-90-78-66-54-42-30-26-22-18-14-10-4/h115-118H,7-114H2,1-6H3. The summed E-state index contributed by atoms with van der Waals surface area (Å²) in [7, 11) is 0. The molecule has 0 saturated heterocycles. The van der Waals surface area contributed by atoms with Gasteiger partial charge >= 0.3 is 23.9 Å². The highest BCUT2D eigenvalue weighted by molar-refractivity contribution is 8.87. The van der Waals surface area contributed by atoms with Gasteiger partial charge in [-0.15, -0.1) is 0 Å². The third kappa shape index (κ3) is 95.0. The zero-order valence-electron chi connectivity index (χ0n) is 93.8. The topological polar surface area (TPSA) is 124 Å². The molecule has 0 heterocycles. The van der Waals surface area contributed by atoms with Gasteiger partial charge in [-0.25, -0.2) is 0 Å². The molecule has 0 aliphatic heterocycles. The van der Waals surface area contributed by atoms with Crippen molar-refractivity contribution in [2.24, 2.45) is 17.3 Å². The average Bonchev–Trinajstić information content (AvgIpc) is 0.800. The molecule has 0 N–H and O–H groups in total. The Balaban J connectivity index is 1.81. The van der Waals surface area contributed by atoms with Gasteiger partial charge in [-0.2, -0.15) is 0 Å². The number of hydrogen-bond donors (Lipinski definition) is 0. The third-order valence-corrected chi connectivity index (χ3v) is 44.1. The lowest BCUT2D eigenvalue weighted by Gasteiger charge is -2.47. The number of rotatable bonds is 114. The Morgan fingerprint density at radius 2 is 0.331 bits per heavy atom. The monoisotopic (exact) mass is 2070 g/mol. The minimum absolute atomic E-state index is 0.0174. The summed E-state index contributed by atoms with van der Waals surface area (Å²) >= 11 is 8.77. The Hall–Kier alpha value is 0.0600. The molecule has 2 aliphatic carbocycles. The summed E-state index contributed by atoms with van der Waals surface area (Å²) in [5.74, 6) is 6.58. The van der Waals surface area contributed by atoms with Crippen molar-refractivity contribution in [1.82, 2.24) is 0 Å². The van der Waals surface area contributed by atoms with Crippen LogP contribution in [-0.4, -0.2) is 85.5 Å². The third-order valence-electron chi connectivity index (χ3n) is 30.9. The Morgan fingerprint density at radius 3 is 0.489 bits per heavy atom. The molecular weight excluding hydrogens is 1830 g/mol. The van der Waals surface area contributed by atoms with E-state index in [0.717, 1.165) is 88.9 Å². The summed E-state index contributed by atoms with van der Waals surface area (Å²) in [6, 6.07) is 0. The van der Waals surface area contributed by atoms with Crippen LogP contribution in [0.4, 0.5) is 0 Å². The van der Waals surface area contributed by atoms with E-state index in [4.69, 9.17) is 28.0 Å². The van der Waals surface area contributed by atoms with Gasteiger partial charge in [-0.1, -0.05) is 575 Å². The second-order valence-corrected chi connectivity index (χ2v) is 56.8. The summed E-state index contributed by atoms with van der Waals surface area (Å²) in [4.78, 5) is 49.4. The molecule has 0 amide bonds. The molecule has 0 atom stereocenters. The van der Waals surface area contributed by atoms with Gasteiger partial charge in [0.2, 0.25) is 0 Å². The first-order valence-electron chi connectivity index (χ1n) is 62.6. The molecule has 10 nitrogen and oxygen atoms in total. The Kier molecular flexibility index (Phi) is 106. The van der Waals surface area contributed by atoms with Crippen molar-refractivity contribution in [2.75, 3.05) is 49.4 Å². The number of carbonyl (C=O) groups is 4. The molecule has 0 spiro atoms. The van der Waals surface area contributed by atoms with Crippen molar-refractivity contribution in [3.05, 3.63) is 0 Å². The van der Waals surface area contributed by atoms with E-state index < -0.39 is 13.1 Å². The van der Waals surface area contributed by atoms with Crippen LogP contribution in [0.5, 0.6) is 0 Å². The maximum absolute atomic E-state index is 12.4. The largest absolute Gasteiger partial charge is 0.466 e. The fraction of sp³-hybridized carbons (Fsp3) is 0.967. The van der Waals surface area contributed by atoms with Gasteiger partial charge in [0.05, 0.1) is 38.6 Å². The van der Waals surface area contributed by atoms with E-state index in [1.54, 1.807) is 0 Å². The summed E-state index contributed by atoms with van der Waals surface area (Å²) in [5.41, 5.74) is 0.347. The summed E-state index contributed by atoms with van der Waals surface area (Å²) in [5, 5.41) is 0. The first-order chi connectivity index (χ1) is 68.5. The molecule has 0 bridgehead atoms. The fourth-order valence-corrected chi connectivity index (χ4v) is 34.3. The first-order valence-corrected chi connectivity index (χ1v) is 71.5. The molecule has 2 rings (SSSR count). The Labute approximate surface area is 885 Å². The van der Waals surface area contributed by atoms with Gasteiger partial charge in [0.1, 0.15) is 0 Å². The van der Waals surface area contributed by atoms with Crippen LogP contribution < -0.4 is 0 Å². The second kappa shape index (κ2) is 109. The zero-order valence-corrected chi connectivity index (χ0v) is 98.8. The van der Waals surface area contributed by atoms with Crippen LogP contribution in [0, 0.1) is 17.3 Å². The number of esters is 4. The van der Waals surface area contributed by atoms with E-state index in [1.807, 2.05) is 0 Å². The average molecular weight is 2070 g/mol. The van der Waals surface area contributed by atoms with E-state index in [0.29, 0.717) is 69.7 Å². The number of unbranched alkanes of at least 4 members (excludes halogenated alkanes) is 80. The van der Waals surface area contributed by atoms with Crippen molar-refractivity contribution in [3.63, 3.8) is 0 Å². The Morgan fingerprint density at radius 1 is 0.194 bits per heavy atom. The van der Waals surface area contributed by atoms with Gasteiger partial charge in [0.15, 0.2) is 13.1 Å². The Bertz CT molecular complexity index is 2200. The van der Waals surface area contributed by atoms with Crippen LogP contribution in [0.3, 0.4) is 0 Å². The molecule has 0 unspecified atom stereocenters. The minimum atomic E-state index is -0.542. The predicted octanol–water partition coefficient (Wildman–Crippen LogP) is 44.7. The highest BCUT2D eigenvalue weighted by atomic mass is 33.1. The van der Waals surface area contributed by atoms with Crippen LogP contribution in [0.1, 0.15) is 684 Å². The van der Waals surface area contributed by atoms with Crippen molar-refractivity contribution in [1.29, 1.82) is 0 Å². The lowest BCUT2D eigenvalue weighted by atomic mass is 9.60. The van der Waals surface area contributed by atoms with Crippen molar-refractivity contribution in [3.8, 4) is 0 Å². The van der Waals surface area contributed by atoms with Crippen LogP contribution >= 0.6 is 58.6 Å². The van der Waals surface area contributed by atoms with Crippen LogP contribution in [0.2, 0.25) is 0 Å². The quantitative estimate of drug-likeness (QED) is 0.0248. The van der Waals surface area contributed by atoms with Crippen molar-refractivity contribution >= 4 is 82.5 Å². The van der Waals surface area contributed by atoms with E-state index in [-0.39, 0.29) is 23.9 Å². The van der Waals surface area contributed by atoms with Gasteiger partial charge in [0, 0.05) is 48.7 Å². The van der Waals surface area contributed by atoms with E-state index >= 15 is 0 Å². The predicted molar refractivity (Wildman–Crippen MR) is 622 cm³/mol. The molecule has 0 aromatic heterocycles. The number of ether oxygens (including phenoxy) is 4. The smallest absolute Gasteiger partial charge is 0.305 e. The molecule has 2 aliphatic rings. The van der Waals surface area contributed by atoms with Crippen molar-refractivity contribution < 1.29 is 47.2 Å². The molecule has 0 aromatic carbocycles. The lowest BCUT2D eigenvalue weighted by Crippen LogP contribution is -2.38. The molecule has 2 fully saturated rings. The van der Waals surface area contributed by atoms with Crippen LogP contribution in [0.25, 0.3) is 0 Å². The van der Waals surface area contributed by atoms with Gasteiger partial charge in [-0.3, -0.25) is 19.2 Å². The summed E-state index contributed by atoms with van der Waals surface area (Å²) in [6.45, 7) is 15.8. The molecular formula is C123H238O10P2S4. The highest BCUT2D eigenvalue weighted by Crippen LogP contribution is 2.65. The van der Waals surface area contributed by atoms with Gasteiger partial charge in [-0.05, 0) is 146 Å². The molecule has 139 heavy (non-hydrogen) atoms. The number of hydrogen-bond acceptors (Lipinski definition) is 14. The van der Waals surface area contributed by atoms with E-state index in [9.17, 15) is 19.2 Å². The molecule has 824 valence electrons. The SMILES string of the molecule is CCCCCCCCCCCCCOC(=O)CCCCCCCCCCCCCSP(OC1CCC(C(C)(C)C2CCC(OP(SCCCCCCCCCCCCCC(=O)OCCCCCCCCCCCCC)SCCCCCCCCCCCCCC(=O)OCCCCCCCCCCCCC)CC2)CC1)SCCCCCCCCCCCCCC(=O)OCCCCCCCCCCCCC. The fourth-order valence-electron chi connectivity index (χ4n) is 21.1. The van der Waals surface area contributed by atoms with Crippen LogP contribution in [0.15, 0.2) is 0 Å². The highest BCUT2D eigenvalue weighted by Gasteiger charge is 2.42. The molecule has 2 saturated carbocycles. The maximum Gasteiger partial charge on any atom is 0.305 e. The first kappa shape index (κ1) is 135. The normalized spacial score (nSPS) is 15.3. The lowest BCUT2D eigenvalue weighted by molar-refractivity contribution is -0.144. The van der Waals surface area contributed by atoms with E-state index in [2.05, 4.69) is 87.1 Å².